The van der Waals surface area contributed by atoms with Crippen molar-refractivity contribution in [3.8, 4) is 11.5 Å². The predicted octanol–water partition coefficient (Wildman–Crippen LogP) is 8.01. The summed E-state index contributed by atoms with van der Waals surface area (Å²) in [4.78, 5) is 20.6. The van der Waals surface area contributed by atoms with Gasteiger partial charge < -0.3 is 14.6 Å². The topological polar surface area (TPSA) is 81.5 Å². The number of rotatable bonds is 11. The normalized spacial score (nSPS) is 11.3. The zero-order valence-electron chi connectivity index (χ0n) is 25.5. The Hall–Kier alpha value is -4.37. The number of halogens is 2. The molecule has 6 rings (SSSR count). The van der Waals surface area contributed by atoms with Crippen LogP contribution in [-0.4, -0.2) is 50.6 Å². The Balaban J connectivity index is 0.00000417. The van der Waals surface area contributed by atoms with Crippen molar-refractivity contribution in [1.82, 2.24) is 9.97 Å². The van der Waals surface area contributed by atoms with Gasteiger partial charge in [-0.2, -0.15) is 0 Å². The summed E-state index contributed by atoms with van der Waals surface area (Å²) in [5.74, 6) is -0.280. The van der Waals surface area contributed by atoms with E-state index in [0.29, 0.717) is 40.3 Å². The fourth-order valence-corrected chi connectivity index (χ4v) is 5.39. The van der Waals surface area contributed by atoms with Crippen molar-refractivity contribution in [1.29, 1.82) is 0 Å². The first-order valence-electron chi connectivity index (χ1n) is 14.5. The van der Waals surface area contributed by atoms with E-state index in [4.69, 9.17) is 9.47 Å². The molecule has 0 atom stereocenters. The summed E-state index contributed by atoms with van der Waals surface area (Å²) in [6, 6.07) is 31.7. The van der Waals surface area contributed by atoms with Crippen LogP contribution in [0.2, 0.25) is 0 Å². The molecule has 4 aromatic carbocycles. The van der Waals surface area contributed by atoms with Crippen LogP contribution in [0.5, 0.6) is 11.5 Å². The monoisotopic (exact) mass is 627 g/mol. The summed E-state index contributed by atoms with van der Waals surface area (Å²) in [6.45, 7) is 2.46. The van der Waals surface area contributed by atoms with Gasteiger partial charge in [0.2, 0.25) is 0 Å². The first-order valence-corrected chi connectivity index (χ1v) is 14.5. The van der Waals surface area contributed by atoms with Crippen molar-refractivity contribution in [3.63, 3.8) is 0 Å². The number of carboxylic acids is 1. The van der Waals surface area contributed by atoms with Crippen molar-refractivity contribution >= 4 is 57.3 Å². The zero-order chi connectivity index (χ0) is 31.4. The number of ether oxygens (including phenoxy) is 2. The van der Waals surface area contributed by atoms with Crippen LogP contribution in [0.1, 0.15) is 42.3 Å². The van der Waals surface area contributed by atoms with Crippen LogP contribution in [-0.2, 0) is 23.4 Å². The number of pyridine rings is 2. The average molecular weight is 628 g/mol. The largest absolute Gasteiger partial charge is 0.487 e. The van der Waals surface area contributed by atoms with E-state index in [1.165, 1.54) is 24.3 Å². The third-order valence-corrected chi connectivity index (χ3v) is 8.02. The maximum Gasteiger partial charge on any atom is 0.303 e. The summed E-state index contributed by atoms with van der Waals surface area (Å²) in [5, 5.41) is 11.2. The minimum atomic E-state index is -0.869. The summed E-state index contributed by atoms with van der Waals surface area (Å²) >= 11 is 0. The molecule has 0 aliphatic carbocycles. The SMILES string of the molecule is CC(CCC(=O)O)(c1ccc(OCc2ccc3ccc(F)cc3n2)cc1)c1ccc(OCc2ccc3ccc(F)cc3n2)cc1.[Na]. The Morgan fingerprint density at radius 3 is 1.50 bits per heavy atom. The van der Waals surface area contributed by atoms with E-state index in [0.717, 1.165) is 21.9 Å². The molecule has 46 heavy (non-hydrogen) atoms. The van der Waals surface area contributed by atoms with Crippen molar-refractivity contribution in [2.45, 2.75) is 38.4 Å². The van der Waals surface area contributed by atoms with Crippen molar-refractivity contribution in [2.75, 3.05) is 0 Å². The fraction of sp³-hybridized carbons (Fsp3) is 0.162. The summed E-state index contributed by atoms with van der Waals surface area (Å²) in [6.07, 6.45) is 0.382. The molecule has 0 amide bonds. The molecular formula is C37H30F2N2NaO4. The number of carbonyl (C=O) groups is 1. The van der Waals surface area contributed by atoms with Crippen LogP contribution in [0.15, 0.2) is 109 Å². The molecule has 227 valence electrons. The Morgan fingerprint density at radius 1 is 0.674 bits per heavy atom. The molecule has 0 bridgehead atoms. The number of aromatic nitrogens is 2. The first-order chi connectivity index (χ1) is 21.7. The number of benzene rings is 4. The molecule has 1 N–H and O–H groups in total. The molecule has 0 saturated carbocycles. The van der Waals surface area contributed by atoms with E-state index in [2.05, 4.69) is 9.97 Å². The van der Waals surface area contributed by atoms with Crippen LogP contribution in [0.3, 0.4) is 0 Å². The molecular weight excluding hydrogens is 597 g/mol. The van der Waals surface area contributed by atoms with E-state index < -0.39 is 11.4 Å². The van der Waals surface area contributed by atoms with Crippen LogP contribution in [0.25, 0.3) is 21.8 Å². The maximum absolute atomic E-state index is 13.6. The van der Waals surface area contributed by atoms with Gasteiger partial charge in [-0.15, -0.1) is 0 Å². The number of carboxylic acid groups (broad SMARTS) is 1. The molecule has 0 fully saturated rings. The standard InChI is InChI=1S/C37H30F2N2O4.Na/c1-37(19-18-36(42)43,26-6-14-32(15-7-26)44-22-30-12-4-24-2-10-28(38)20-34(24)40-30)27-8-16-33(17-9-27)45-23-31-13-5-25-3-11-29(39)21-35(25)41-31;/h2-17,20-21H,18-19,22-23H2,1H3,(H,42,43);. The molecule has 0 saturated heterocycles. The van der Waals surface area contributed by atoms with E-state index in [9.17, 15) is 18.7 Å². The molecule has 0 aliphatic heterocycles. The van der Waals surface area contributed by atoms with Gasteiger partial charge in [0.15, 0.2) is 0 Å². The second-order valence-electron chi connectivity index (χ2n) is 11.1. The fourth-order valence-electron chi connectivity index (χ4n) is 5.39. The van der Waals surface area contributed by atoms with Crippen molar-refractivity contribution in [3.05, 3.63) is 143 Å². The van der Waals surface area contributed by atoms with Crippen LogP contribution in [0, 0.1) is 11.6 Å². The first kappa shape index (κ1) is 33.0. The summed E-state index contributed by atoms with van der Waals surface area (Å²) in [5.41, 5.74) is 3.78. The number of nitrogens with zero attached hydrogens (tertiary/aromatic N) is 2. The zero-order valence-corrected chi connectivity index (χ0v) is 27.5. The van der Waals surface area contributed by atoms with Gasteiger partial charge in [0.25, 0.3) is 0 Å². The molecule has 0 spiro atoms. The molecule has 0 unspecified atom stereocenters. The Morgan fingerprint density at radius 2 is 1.09 bits per heavy atom. The van der Waals surface area contributed by atoms with Gasteiger partial charge in [-0.3, -0.25) is 4.79 Å². The Labute approximate surface area is 287 Å². The van der Waals surface area contributed by atoms with Crippen molar-refractivity contribution < 1.29 is 28.2 Å². The van der Waals surface area contributed by atoms with E-state index in [-0.39, 0.29) is 60.8 Å². The summed E-state index contributed by atoms with van der Waals surface area (Å²) in [7, 11) is 0. The van der Waals surface area contributed by atoms with Gasteiger partial charge in [-0.25, -0.2) is 18.7 Å². The minimum Gasteiger partial charge on any atom is -0.487 e. The molecule has 2 aromatic heterocycles. The third kappa shape index (κ3) is 7.70. The molecule has 2 heterocycles. The van der Waals surface area contributed by atoms with E-state index in [1.807, 2.05) is 79.7 Å². The number of hydrogen-bond acceptors (Lipinski definition) is 5. The second-order valence-corrected chi connectivity index (χ2v) is 11.1. The smallest absolute Gasteiger partial charge is 0.303 e. The van der Waals surface area contributed by atoms with Crippen LogP contribution >= 0.6 is 0 Å². The van der Waals surface area contributed by atoms with Gasteiger partial charge in [-0.05, 0) is 78.2 Å². The van der Waals surface area contributed by atoms with Gasteiger partial charge >= 0.3 is 5.97 Å². The predicted molar refractivity (Wildman–Crippen MR) is 174 cm³/mol. The molecule has 1 radical (unpaired) electrons. The average Bonchev–Trinajstić information content (AvgIpc) is 3.05. The van der Waals surface area contributed by atoms with Gasteiger partial charge in [0.1, 0.15) is 36.3 Å². The minimum absolute atomic E-state index is 0. The van der Waals surface area contributed by atoms with E-state index >= 15 is 0 Å². The van der Waals surface area contributed by atoms with Crippen LogP contribution in [0.4, 0.5) is 8.78 Å². The van der Waals surface area contributed by atoms with Gasteiger partial charge in [-0.1, -0.05) is 43.3 Å². The number of fused-ring (bicyclic) bond motifs is 2. The maximum atomic E-state index is 13.6. The number of aliphatic carboxylic acids is 1. The van der Waals surface area contributed by atoms with Crippen molar-refractivity contribution in [2.24, 2.45) is 0 Å². The Bertz CT molecular complexity index is 1850. The molecule has 9 heteroatoms. The van der Waals surface area contributed by atoms with Crippen LogP contribution < -0.4 is 9.47 Å². The molecule has 0 aliphatic rings. The third-order valence-electron chi connectivity index (χ3n) is 8.02. The molecule has 6 aromatic rings. The Kier molecular flexibility index (Phi) is 10.3. The second kappa shape index (κ2) is 14.4. The van der Waals surface area contributed by atoms with Gasteiger partial charge in [0.05, 0.1) is 22.4 Å². The molecule has 6 nitrogen and oxygen atoms in total. The quantitative estimate of drug-likeness (QED) is 0.147. The van der Waals surface area contributed by atoms with E-state index in [1.54, 1.807) is 12.1 Å². The summed E-state index contributed by atoms with van der Waals surface area (Å²) < 4.78 is 39.2. The van der Waals surface area contributed by atoms with Gasteiger partial charge in [0, 0.05) is 64.3 Å². The number of hydrogen-bond donors (Lipinski definition) is 1.